The van der Waals surface area contributed by atoms with Crippen LogP contribution in [0.25, 0.3) is 0 Å². The number of nitrogens with zero attached hydrogens (tertiary/aromatic N) is 1. The van der Waals surface area contributed by atoms with Crippen molar-refractivity contribution < 1.29 is 14.3 Å². The van der Waals surface area contributed by atoms with Crippen LogP contribution in [-0.4, -0.2) is 35.6 Å². The van der Waals surface area contributed by atoms with E-state index in [0.29, 0.717) is 26.1 Å². The first-order valence-corrected chi connectivity index (χ1v) is 8.43. The number of thiophene rings is 1. The van der Waals surface area contributed by atoms with Crippen molar-refractivity contribution in [1.29, 1.82) is 0 Å². The Bertz CT molecular complexity index is 548. The molecule has 1 aromatic heterocycles. The van der Waals surface area contributed by atoms with Crippen LogP contribution in [0.15, 0.2) is 11.4 Å². The van der Waals surface area contributed by atoms with E-state index in [-0.39, 0.29) is 17.9 Å². The molecule has 2 rings (SSSR count). The third-order valence-electron chi connectivity index (χ3n) is 3.60. The number of hydrogen-bond donors (Lipinski definition) is 1. The maximum absolute atomic E-state index is 12.2. The maximum Gasteiger partial charge on any atom is 0.410 e. The van der Waals surface area contributed by atoms with E-state index in [0.717, 1.165) is 0 Å². The average molecular weight is 324 g/mol. The Kier molecular flexibility index (Phi) is 5.11. The zero-order valence-electron chi connectivity index (χ0n) is 13.6. The van der Waals surface area contributed by atoms with Crippen LogP contribution in [0.5, 0.6) is 0 Å². The van der Waals surface area contributed by atoms with E-state index in [1.165, 1.54) is 10.4 Å². The van der Waals surface area contributed by atoms with Gasteiger partial charge in [-0.3, -0.25) is 4.79 Å². The van der Waals surface area contributed by atoms with Crippen molar-refractivity contribution in [3.63, 3.8) is 0 Å². The van der Waals surface area contributed by atoms with Crippen molar-refractivity contribution >= 4 is 23.3 Å². The SMILES string of the molecule is Cc1ccsc1CNC(=O)C1CCN(C(=O)OC(C)(C)C)C1. The summed E-state index contributed by atoms with van der Waals surface area (Å²) in [4.78, 5) is 27.0. The summed E-state index contributed by atoms with van der Waals surface area (Å²) >= 11 is 1.65. The van der Waals surface area contributed by atoms with Crippen molar-refractivity contribution in [1.82, 2.24) is 10.2 Å². The number of aryl methyl sites for hydroxylation is 1. The van der Waals surface area contributed by atoms with Crippen LogP contribution < -0.4 is 5.32 Å². The summed E-state index contributed by atoms with van der Waals surface area (Å²) in [6.45, 7) is 9.13. The van der Waals surface area contributed by atoms with Crippen LogP contribution in [0, 0.1) is 12.8 Å². The van der Waals surface area contributed by atoms with Gasteiger partial charge < -0.3 is 15.0 Å². The average Bonchev–Trinajstić information content (AvgIpc) is 3.03. The van der Waals surface area contributed by atoms with Gasteiger partial charge in [0.05, 0.1) is 12.5 Å². The van der Waals surface area contributed by atoms with Crippen molar-refractivity contribution in [3.8, 4) is 0 Å². The van der Waals surface area contributed by atoms with E-state index in [1.807, 2.05) is 39.1 Å². The lowest BCUT2D eigenvalue weighted by Gasteiger charge is -2.24. The van der Waals surface area contributed by atoms with E-state index in [9.17, 15) is 9.59 Å². The molecule has 122 valence electrons. The minimum absolute atomic E-state index is 0.0128. The minimum atomic E-state index is -0.506. The first-order chi connectivity index (χ1) is 10.3. The number of hydrogen-bond acceptors (Lipinski definition) is 4. The second kappa shape index (κ2) is 6.69. The number of rotatable bonds is 3. The summed E-state index contributed by atoms with van der Waals surface area (Å²) in [6.07, 6.45) is 0.353. The van der Waals surface area contributed by atoms with Gasteiger partial charge in [-0.05, 0) is 51.1 Å². The van der Waals surface area contributed by atoms with Gasteiger partial charge in [-0.25, -0.2) is 4.79 Å². The summed E-state index contributed by atoms with van der Waals surface area (Å²) in [5.74, 6) is -0.133. The largest absolute Gasteiger partial charge is 0.444 e. The van der Waals surface area contributed by atoms with Crippen LogP contribution in [-0.2, 0) is 16.1 Å². The van der Waals surface area contributed by atoms with Crippen molar-refractivity contribution in [2.24, 2.45) is 5.92 Å². The number of ether oxygens (including phenoxy) is 1. The highest BCUT2D eigenvalue weighted by atomic mass is 32.1. The van der Waals surface area contributed by atoms with Gasteiger partial charge in [-0.15, -0.1) is 11.3 Å². The van der Waals surface area contributed by atoms with Gasteiger partial charge in [0.15, 0.2) is 0 Å². The molecule has 1 fully saturated rings. The quantitative estimate of drug-likeness (QED) is 0.930. The van der Waals surface area contributed by atoms with Crippen molar-refractivity contribution in [2.75, 3.05) is 13.1 Å². The Morgan fingerprint density at radius 2 is 2.18 bits per heavy atom. The number of likely N-dealkylation sites (tertiary alicyclic amines) is 1. The molecule has 1 aromatic rings. The summed E-state index contributed by atoms with van der Waals surface area (Å²) < 4.78 is 5.34. The zero-order valence-corrected chi connectivity index (χ0v) is 14.5. The summed E-state index contributed by atoms with van der Waals surface area (Å²) in [6, 6.07) is 2.05. The molecule has 1 N–H and O–H groups in total. The number of carbonyl (C=O) groups is 2. The Morgan fingerprint density at radius 3 is 2.77 bits per heavy atom. The number of carbonyl (C=O) groups excluding carboxylic acids is 2. The van der Waals surface area contributed by atoms with E-state index in [1.54, 1.807) is 16.2 Å². The Labute approximate surface area is 135 Å². The maximum atomic E-state index is 12.2. The van der Waals surface area contributed by atoms with E-state index < -0.39 is 5.60 Å². The molecule has 0 aromatic carbocycles. The van der Waals surface area contributed by atoms with Gasteiger partial charge >= 0.3 is 6.09 Å². The third-order valence-corrected chi connectivity index (χ3v) is 4.63. The lowest BCUT2D eigenvalue weighted by molar-refractivity contribution is -0.124. The topological polar surface area (TPSA) is 58.6 Å². The van der Waals surface area contributed by atoms with Gasteiger partial charge in [0.2, 0.25) is 5.91 Å². The molecule has 1 atom stereocenters. The molecule has 1 aliphatic heterocycles. The second-order valence-corrected chi connectivity index (χ2v) is 7.66. The zero-order chi connectivity index (χ0) is 16.3. The van der Waals surface area contributed by atoms with E-state index >= 15 is 0 Å². The van der Waals surface area contributed by atoms with Crippen LogP contribution in [0.1, 0.15) is 37.6 Å². The normalized spacial score (nSPS) is 18.4. The van der Waals surface area contributed by atoms with E-state index in [2.05, 4.69) is 5.32 Å². The van der Waals surface area contributed by atoms with Crippen LogP contribution in [0.2, 0.25) is 0 Å². The minimum Gasteiger partial charge on any atom is -0.444 e. The van der Waals surface area contributed by atoms with Gasteiger partial charge in [0.1, 0.15) is 5.60 Å². The fourth-order valence-electron chi connectivity index (χ4n) is 2.36. The van der Waals surface area contributed by atoms with Gasteiger partial charge in [-0.1, -0.05) is 0 Å². The molecule has 6 heteroatoms. The second-order valence-electron chi connectivity index (χ2n) is 6.66. The number of nitrogens with one attached hydrogen (secondary N) is 1. The molecule has 1 aliphatic rings. The molecule has 1 unspecified atom stereocenters. The Hall–Kier alpha value is -1.56. The first-order valence-electron chi connectivity index (χ1n) is 7.55. The lowest BCUT2D eigenvalue weighted by atomic mass is 10.1. The van der Waals surface area contributed by atoms with Crippen LogP contribution >= 0.6 is 11.3 Å². The molecular formula is C16H24N2O3S. The molecule has 2 heterocycles. The highest BCUT2D eigenvalue weighted by Gasteiger charge is 2.33. The fourth-order valence-corrected chi connectivity index (χ4v) is 3.21. The molecule has 0 spiro atoms. The number of amides is 2. The summed E-state index contributed by atoms with van der Waals surface area (Å²) in [7, 11) is 0. The molecular weight excluding hydrogens is 300 g/mol. The summed E-state index contributed by atoms with van der Waals surface area (Å²) in [5, 5.41) is 4.99. The van der Waals surface area contributed by atoms with Crippen LogP contribution in [0.3, 0.4) is 0 Å². The molecule has 0 radical (unpaired) electrons. The molecule has 1 saturated heterocycles. The smallest absolute Gasteiger partial charge is 0.410 e. The standard InChI is InChI=1S/C16H24N2O3S/c1-11-6-8-22-13(11)9-17-14(19)12-5-7-18(10-12)15(20)21-16(2,3)4/h6,8,12H,5,7,9-10H2,1-4H3,(H,17,19). The Morgan fingerprint density at radius 1 is 1.45 bits per heavy atom. The van der Waals surface area contributed by atoms with Crippen molar-refractivity contribution in [3.05, 3.63) is 21.9 Å². The first kappa shape index (κ1) is 16.8. The molecule has 5 nitrogen and oxygen atoms in total. The highest BCUT2D eigenvalue weighted by Crippen LogP contribution is 2.20. The monoisotopic (exact) mass is 324 g/mol. The molecule has 2 amide bonds. The molecule has 0 saturated carbocycles. The van der Waals surface area contributed by atoms with Crippen LogP contribution in [0.4, 0.5) is 4.79 Å². The summed E-state index contributed by atoms with van der Waals surface area (Å²) in [5.41, 5.74) is 0.695. The predicted molar refractivity (Wildman–Crippen MR) is 86.8 cm³/mol. The molecule has 0 aliphatic carbocycles. The van der Waals surface area contributed by atoms with Gasteiger partial charge in [0.25, 0.3) is 0 Å². The molecule has 0 bridgehead atoms. The highest BCUT2D eigenvalue weighted by molar-refractivity contribution is 7.10. The third kappa shape index (κ3) is 4.47. The van der Waals surface area contributed by atoms with E-state index in [4.69, 9.17) is 4.74 Å². The fraction of sp³-hybridized carbons (Fsp3) is 0.625. The van der Waals surface area contributed by atoms with Gasteiger partial charge in [0, 0.05) is 18.0 Å². The van der Waals surface area contributed by atoms with Gasteiger partial charge in [-0.2, -0.15) is 0 Å². The Balaban J connectivity index is 1.81. The van der Waals surface area contributed by atoms with Crippen molar-refractivity contribution in [2.45, 2.75) is 46.3 Å². The lowest BCUT2D eigenvalue weighted by Crippen LogP contribution is -2.37. The molecule has 22 heavy (non-hydrogen) atoms. The predicted octanol–water partition coefficient (Wildman–Crippen LogP) is 2.93.